The van der Waals surface area contributed by atoms with Crippen LogP contribution in [0.15, 0.2) is 48.7 Å². The fourth-order valence-electron chi connectivity index (χ4n) is 2.72. The molecule has 0 saturated carbocycles. The van der Waals surface area contributed by atoms with Crippen LogP contribution in [-0.4, -0.2) is 24.1 Å². The van der Waals surface area contributed by atoms with Crippen LogP contribution in [0.3, 0.4) is 0 Å². The van der Waals surface area contributed by atoms with Crippen LogP contribution in [0.4, 0.5) is 10.2 Å². The normalized spacial score (nSPS) is 16.1. The summed E-state index contributed by atoms with van der Waals surface area (Å²) in [6.45, 7) is 2.85. The van der Waals surface area contributed by atoms with Crippen LogP contribution < -0.4 is 10.2 Å². The third kappa shape index (κ3) is 3.79. The Bertz CT molecular complexity index is 548. The molecular weight excluding hydrogens is 265 g/mol. The SMILES string of the molecule is Fc1ccc(CNC2CCN(c3ccccn3)CC2)cc1. The van der Waals surface area contributed by atoms with Crippen LogP contribution in [-0.2, 0) is 6.54 Å². The summed E-state index contributed by atoms with van der Waals surface area (Å²) >= 11 is 0. The van der Waals surface area contributed by atoms with Crippen LogP contribution in [0.2, 0.25) is 0 Å². The lowest BCUT2D eigenvalue weighted by atomic mass is 10.0. The van der Waals surface area contributed by atoms with Gasteiger partial charge in [0.05, 0.1) is 0 Å². The summed E-state index contributed by atoms with van der Waals surface area (Å²) in [6, 6.07) is 13.3. The number of hydrogen-bond acceptors (Lipinski definition) is 3. The number of pyridine rings is 1. The van der Waals surface area contributed by atoms with Crippen LogP contribution in [0.25, 0.3) is 0 Å². The molecule has 1 N–H and O–H groups in total. The number of nitrogens with one attached hydrogen (secondary N) is 1. The Hall–Kier alpha value is -1.94. The van der Waals surface area contributed by atoms with Gasteiger partial charge in [-0.2, -0.15) is 0 Å². The lowest BCUT2D eigenvalue weighted by Gasteiger charge is -2.33. The second kappa shape index (κ2) is 6.68. The summed E-state index contributed by atoms with van der Waals surface area (Å²) < 4.78 is 12.9. The van der Waals surface area contributed by atoms with E-state index in [0.717, 1.165) is 43.9 Å². The highest BCUT2D eigenvalue weighted by Gasteiger charge is 2.19. The lowest BCUT2D eigenvalue weighted by Crippen LogP contribution is -2.42. The van der Waals surface area contributed by atoms with Gasteiger partial charge in [0.1, 0.15) is 11.6 Å². The molecule has 0 spiro atoms. The van der Waals surface area contributed by atoms with Gasteiger partial charge in [-0.15, -0.1) is 0 Å². The van der Waals surface area contributed by atoms with Gasteiger partial charge in [-0.05, 0) is 42.7 Å². The van der Waals surface area contributed by atoms with E-state index < -0.39 is 0 Å². The summed E-state index contributed by atoms with van der Waals surface area (Å²) in [5.74, 6) is 0.886. The van der Waals surface area contributed by atoms with Gasteiger partial charge in [0.2, 0.25) is 0 Å². The van der Waals surface area contributed by atoms with E-state index in [1.807, 2.05) is 30.5 Å². The molecule has 2 heterocycles. The zero-order valence-electron chi connectivity index (χ0n) is 12.0. The van der Waals surface area contributed by atoms with Crippen molar-refractivity contribution in [1.29, 1.82) is 0 Å². The van der Waals surface area contributed by atoms with E-state index in [1.165, 1.54) is 12.1 Å². The molecule has 3 nitrogen and oxygen atoms in total. The van der Waals surface area contributed by atoms with Gasteiger partial charge >= 0.3 is 0 Å². The standard InChI is InChI=1S/C17H20FN3/c18-15-6-4-14(5-7-15)13-20-16-8-11-21(12-9-16)17-3-1-2-10-19-17/h1-7,10,16,20H,8-9,11-13H2. The minimum Gasteiger partial charge on any atom is -0.357 e. The molecule has 0 atom stereocenters. The van der Waals surface area contributed by atoms with E-state index in [-0.39, 0.29) is 5.82 Å². The van der Waals surface area contributed by atoms with E-state index in [1.54, 1.807) is 0 Å². The van der Waals surface area contributed by atoms with E-state index in [2.05, 4.69) is 21.3 Å². The Labute approximate surface area is 124 Å². The topological polar surface area (TPSA) is 28.2 Å². The van der Waals surface area contributed by atoms with Crippen molar-refractivity contribution in [2.75, 3.05) is 18.0 Å². The number of hydrogen-bond donors (Lipinski definition) is 1. The molecule has 4 heteroatoms. The Morgan fingerprint density at radius 1 is 1.10 bits per heavy atom. The van der Waals surface area contributed by atoms with E-state index in [4.69, 9.17) is 0 Å². The molecule has 1 aromatic carbocycles. The van der Waals surface area contributed by atoms with Gasteiger partial charge in [-0.25, -0.2) is 9.37 Å². The average molecular weight is 285 g/mol. The van der Waals surface area contributed by atoms with Crippen molar-refractivity contribution in [3.8, 4) is 0 Å². The molecule has 0 unspecified atom stereocenters. The Balaban J connectivity index is 1.47. The first kappa shape index (κ1) is 14.0. The minimum atomic E-state index is -0.178. The fourth-order valence-corrected chi connectivity index (χ4v) is 2.72. The molecule has 3 rings (SSSR count). The first-order chi connectivity index (χ1) is 10.3. The first-order valence-electron chi connectivity index (χ1n) is 7.45. The zero-order chi connectivity index (χ0) is 14.5. The maximum absolute atomic E-state index is 12.9. The zero-order valence-corrected chi connectivity index (χ0v) is 12.0. The van der Waals surface area contributed by atoms with Gasteiger partial charge < -0.3 is 10.2 Å². The first-order valence-corrected chi connectivity index (χ1v) is 7.45. The highest BCUT2D eigenvalue weighted by Crippen LogP contribution is 2.17. The Morgan fingerprint density at radius 2 is 1.86 bits per heavy atom. The van der Waals surface area contributed by atoms with Crippen LogP contribution in [0, 0.1) is 5.82 Å². The van der Waals surface area contributed by atoms with Crippen molar-refractivity contribution in [1.82, 2.24) is 10.3 Å². The fraction of sp³-hybridized carbons (Fsp3) is 0.353. The molecule has 0 bridgehead atoms. The van der Waals surface area contributed by atoms with Gasteiger partial charge in [-0.3, -0.25) is 0 Å². The predicted octanol–water partition coefficient (Wildman–Crippen LogP) is 2.98. The van der Waals surface area contributed by atoms with Crippen molar-refractivity contribution < 1.29 is 4.39 Å². The Kier molecular flexibility index (Phi) is 4.46. The number of halogens is 1. The molecule has 0 amide bonds. The largest absolute Gasteiger partial charge is 0.357 e. The number of piperidine rings is 1. The third-order valence-corrected chi connectivity index (χ3v) is 3.98. The molecule has 1 aliphatic heterocycles. The monoisotopic (exact) mass is 285 g/mol. The van der Waals surface area contributed by atoms with E-state index in [0.29, 0.717) is 6.04 Å². The summed E-state index contributed by atoms with van der Waals surface area (Å²) in [4.78, 5) is 6.73. The molecule has 1 aliphatic rings. The van der Waals surface area contributed by atoms with Gasteiger partial charge in [-0.1, -0.05) is 18.2 Å². The van der Waals surface area contributed by atoms with Crippen molar-refractivity contribution in [2.24, 2.45) is 0 Å². The number of benzene rings is 1. The smallest absolute Gasteiger partial charge is 0.128 e. The van der Waals surface area contributed by atoms with E-state index in [9.17, 15) is 4.39 Å². The number of anilines is 1. The second-order valence-corrected chi connectivity index (χ2v) is 5.46. The molecule has 1 aromatic heterocycles. The minimum absolute atomic E-state index is 0.178. The van der Waals surface area contributed by atoms with Crippen LogP contribution in [0.5, 0.6) is 0 Å². The molecule has 0 radical (unpaired) electrons. The highest BCUT2D eigenvalue weighted by molar-refractivity contribution is 5.38. The number of rotatable bonds is 4. The maximum Gasteiger partial charge on any atom is 0.128 e. The quantitative estimate of drug-likeness (QED) is 0.936. The van der Waals surface area contributed by atoms with Gasteiger partial charge in [0.25, 0.3) is 0 Å². The van der Waals surface area contributed by atoms with Gasteiger partial charge in [0.15, 0.2) is 0 Å². The summed E-state index contributed by atoms with van der Waals surface area (Å²) in [7, 11) is 0. The highest BCUT2D eigenvalue weighted by atomic mass is 19.1. The number of aromatic nitrogens is 1. The second-order valence-electron chi connectivity index (χ2n) is 5.46. The average Bonchev–Trinajstić information content (AvgIpc) is 2.56. The summed E-state index contributed by atoms with van der Waals surface area (Å²) in [6.07, 6.45) is 4.06. The Morgan fingerprint density at radius 3 is 2.52 bits per heavy atom. The molecular formula is C17H20FN3. The molecule has 110 valence electrons. The molecule has 1 saturated heterocycles. The van der Waals surface area contributed by atoms with E-state index >= 15 is 0 Å². The molecule has 0 aliphatic carbocycles. The third-order valence-electron chi connectivity index (χ3n) is 3.98. The molecule has 21 heavy (non-hydrogen) atoms. The maximum atomic E-state index is 12.9. The van der Waals surface area contributed by atoms with Crippen molar-refractivity contribution in [3.05, 3.63) is 60.0 Å². The lowest BCUT2D eigenvalue weighted by molar-refractivity contribution is 0.412. The van der Waals surface area contributed by atoms with Crippen molar-refractivity contribution >= 4 is 5.82 Å². The van der Waals surface area contributed by atoms with Crippen LogP contribution in [0.1, 0.15) is 18.4 Å². The van der Waals surface area contributed by atoms with Crippen LogP contribution >= 0.6 is 0 Å². The number of nitrogens with zero attached hydrogens (tertiary/aromatic N) is 2. The van der Waals surface area contributed by atoms with Crippen molar-refractivity contribution in [3.63, 3.8) is 0 Å². The summed E-state index contributed by atoms with van der Waals surface area (Å²) in [5.41, 5.74) is 1.13. The summed E-state index contributed by atoms with van der Waals surface area (Å²) in [5, 5.41) is 3.56. The predicted molar refractivity (Wildman–Crippen MR) is 82.7 cm³/mol. The molecule has 1 fully saturated rings. The van der Waals surface area contributed by atoms with Crippen molar-refractivity contribution in [2.45, 2.75) is 25.4 Å². The van der Waals surface area contributed by atoms with Gasteiger partial charge in [0, 0.05) is 31.9 Å². The molecule has 2 aromatic rings.